The number of methoxy groups -OCH3 is 1. The molecule has 0 bridgehead atoms. The Kier molecular flexibility index (Phi) is 5.02. The number of hydrogen-bond donors (Lipinski definition) is 1. The minimum atomic E-state index is -1.28. The van der Waals surface area contributed by atoms with Crippen molar-refractivity contribution in [2.75, 3.05) is 12.4 Å². The van der Waals surface area contributed by atoms with Gasteiger partial charge in [-0.3, -0.25) is 9.59 Å². The quantitative estimate of drug-likeness (QED) is 0.485. The van der Waals surface area contributed by atoms with Gasteiger partial charge in [-0.15, -0.1) is 0 Å². The minimum Gasteiger partial charge on any atom is -0.495 e. The molecule has 0 aliphatic carbocycles. The van der Waals surface area contributed by atoms with Gasteiger partial charge in [0.1, 0.15) is 5.75 Å². The number of ether oxygens (including phenoxy) is 3. The zero-order chi connectivity index (χ0) is 19.4. The summed E-state index contributed by atoms with van der Waals surface area (Å²) in [6.07, 6.45) is 2.65. The standard InChI is InChI=1S/C18H18N4O5/c1-18(2)26-15(23)11(16(24)27-18)10-20-14-8-9-19-17(22-14)21-12-6-4-5-7-13(12)25-3/h4-11H,1-3H3,(H,19,21,22). The monoisotopic (exact) mass is 370 g/mol. The van der Waals surface area contributed by atoms with Crippen LogP contribution < -0.4 is 10.1 Å². The van der Waals surface area contributed by atoms with Crippen LogP contribution in [0.2, 0.25) is 0 Å². The van der Waals surface area contributed by atoms with Gasteiger partial charge in [-0.2, -0.15) is 4.98 Å². The molecule has 1 N–H and O–H groups in total. The molecule has 2 heterocycles. The number of hydrogen-bond acceptors (Lipinski definition) is 9. The zero-order valence-electron chi connectivity index (χ0n) is 15.0. The molecule has 1 aromatic carbocycles. The predicted octanol–water partition coefficient (Wildman–Crippen LogP) is 2.38. The molecule has 1 saturated heterocycles. The topological polar surface area (TPSA) is 112 Å². The highest BCUT2D eigenvalue weighted by atomic mass is 16.7. The fraction of sp³-hybridized carbons (Fsp3) is 0.278. The lowest BCUT2D eigenvalue weighted by Crippen LogP contribution is -2.46. The van der Waals surface area contributed by atoms with Gasteiger partial charge in [-0.25, -0.2) is 9.98 Å². The van der Waals surface area contributed by atoms with Crippen molar-refractivity contribution in [2.24, 2.45) is 10.9 Å². The van der Waals surface area contributed by atoms with Crippen molar-refractivity contribution < 1.29 is 23.8 Å². The molecule has 3 rings (SSSR count). The SMILES string of the molecule is COc1ccccc1Nc1nccc(N=CC2C(=O)OC(C)(C)OC2=O)n1. The molecule has 1 aromatic heterocycles. The normalized spacial score (nSPS) is 16.7. The number of anilines is 2. The van der Waals surface area contributed by atoms with E-state index in [1.807, 2.05) is 18.2 Å². The van der Waals surface area contributed by atoms with Gasteiger partial charge in [0.15, 0.2) is 11.7 Å². The first-order valence-corrected chi connectivity index (χ1v) is 8.11. The average Bonchev–Trinajstić information content (AvgIpc) is 2.61. The Balaban J connectivity index is 1.75. The Hall–Kier alpha value is -3.49. The first-order chi connectivity index (χ1) is 12.9. The number of benzene rings is 1. The minimum absolute atomic E-state index is 0.257. The Bertz CT molecular complexity index is 877. The number of rotatable bonds is 5. The third-order valence-electron chi connectivity index (χ3n) is 3.55. The van der Waals surface area contributed by atoms with Crippen LogP contribution in [0.3, 0.4) is 0 Å². The summed E-state index contributed by atoms with van der Waals surface area (Å²) in [7, 11) is 1.56. The first kappa shape index (κ1) is 18.3. The summed E-state index contributed by atoms with van der Waals surface area (Å²) in [6.45, 7) is 2.97. The Morgan fingerprint density at radius 1 is 1.19 bits per heavy atom. The van der Waals surface area contributed by atoms with Crippen molar-refractivity contribution in [1.82, 2.24) is 9.97 Å². The number of esters is 2. The summed E-state index contributed by atoms with van der Waals surface area (Å²) in [6, 6.07) is 8.83. The molecule has 1 fully saturated rings. The second-order valence-electron chi connectivity index (χ2n) is 6.06. The van der Waals surface area contributed by atoms with Crippen LogP contribution in [0.4, 0.5) is 17.5 Å². The smallest absolute Gasteiger partial charge is 0.329 e. The van der Waals surface area contributed by atoms with Crippen LogP contribution in [0.15, 0.2) is 41.5 Å². The number of carbonyl (C=O) groups excluding carboxylic acids is 2. The molecule has 0 spiro atoms. The number of cyclic esters (lactones) is 2. The molecule has 1 aliphatic heterocycles. The van der Waals surface area contributed by atoms with Gasteiger partial charge in [0, 0.05) is 32.3 Å². The molecule has 9 heteroatoms. The molecular weight excluding hydrogens is 352 g/mol. The van der Waals surface area contributed by atoms with Gasteiger partial charge in [-0.1, -0.05) is 12.1 Å². The molecule has 1 aliphatic rings. The van der Waals surface area contributed by atoms with E-state index < -0.39 is 23.6 Å². The van der Waals surface area contributed by atoms with Crippen molar-refractivity contribution in [3.8, 4) is 5.75 Å². The summed E-state index contributed by atoms with van der Waals surface area (Å²) < 4.78 is 15.3. The molecule has 0 saturated carbocycles. The molecule has 140 valence electrons. The van der Waals surface area contributed by atoms with Crippen LogP contribution in [0.5, 0.6) is 5.75 Å². The van der Waals surface area contributed by atoms with Gasteiger partial charge in [0.05, 0.1) is 12.8 Å². The van der Waals surface area contributed by atoms with Crippen LogP contribution in [-0.4, -0.2) is 41.0 Å². The number of aliphatic imine (C=N–C) groups is 1. The molecule has 2 aromatic rings. The molecule has 9 nitrogen and oxygen atoms in total. The number of para-hydroxylation sites is 2. The van der Waals surface area contributed by atoms with E-state index in [1.54, 1.807) is 13.2 Å². The third-order valence-corrected chi connectivity index (χ3v) is 3.55. The first-order valence-electron chi connectivity index (χ1n) is 8.11. The number of carbonyl (C=O) groups is 2. The average molecular weight is 370 g/mol. The van der Waals surface area contributed by atoms with Gasteiger partial charge < -0.3 is 19.5 Å². The fourth-order valence-electron chi connectivity index (χ4n) is 2.35. The Morgan fingerprint density at radius 3 is 2.59 bits per heavy atom. The van der Waals surface area contributed by atoms with Crippen molar-refractivity contribution in [1.29, 1.82) is 0 Å². The lowest BCUT2D eigenvalue weighted by atomic mass is 10.1. The van der Waals surface area contributed by atoms with E-state index in [1.165, 1.54) is 26.1 Å². The van der Waals surface area contributed by atoms with Crippen molar-refractivity contribution >= 4 is 35.6 Å². The second kappa shape index (κ2) is 7.40. The Morgan fingerprint density at radius 2 is 1.89 bits per heavy atom. The van der Waals surface area contributed by atoms with Crippen LogP contribution in [0, 0.1) is 5.92 Å². The van der Waals surface area contributed by atoms with Crippen LogP contribution in [0.1, 0.15) is 13.8 Å². The van der Waals surface area contributed by atoms with E-state index >= 15 is 0 Å². The number of aromatic nitrogens is 2. The second-order valence-corrected chi connectivity index (χ2v) is 6.06. The maximum atomic E-state index is 11.9. The number of nitrogens with zero attached hydrogens (tertiary/aromatic N) is 3. The van der Waals surface area contributed by atoms with E-state index in [4.69, 9.17) is 14.2 Å². The number of nitrogens with one attached hydrogen (secondary N) is 1. The summed E-state index contributed by atoms with van der Waals surface area (Å²) >= 11 is 0. The molecule has 0 radical (unpaired) electrons. The highest BCUT2D eigenvalue weighted by Crippen LogP contribution is 2.26. The van der Waals surface area contributed by atoms with E-state index in [9.17, 15) is 9.59 Å². The summed E-state index contributed by atoms with van der Waals surface area (Å²) in [5.74, 6) is -2.79. The van der Waals surface area contributed by atoms with Crippen LogP contribution >= 0.6 is 0 Å². The molecule has 0 amide bonds. The largest absolute Gasteiger partial charge is 0.495 e. The third kappa shape index (κ3) is 4.38. The van der Waals surface area contributed by atoms with E-state index in [0.29, 0.717) is 11.4 Å². The zero-order valence-corrected chi connectivity index (χ0v) is 15.0. The summed E-state index contributed by atoms with van der Waals surface area (Å²) in [4.78, 5) is 36.3. The highest BCUT2D eigenvalue weighted by molar-refractivity contribution is 6.10. The van der Waals surface area contributed by atoms with Crippen molar-refractivity contribution in [3.05, 3.63) is 36.5 Å². The maximum absolute atomic E-state index is 11.9. The molecule has 27 heavy (non-hydrogen) atoms. The van der Waals surface area contributed by atoms with Gasteiger partial charge in [0.25, 0.3) is 5.79 Å². The van der Waals surface area contributed by atoms with E-state index in [-0.39, 0.29) is 11.8 Å². The van der Waals surface area contributed by atoms with Crippen molar-refractivity contribution in [3.63, 3.8) is 0 Å². The van der Waals surface area contributed by atoms with Gasteiger partial charge in [-0.05, 0) is 12.1 Å². The van der Waals surface area contributed by atoms with Crippen LogP contribution in [0.25, 0.3) is 0 Å². The summed E-state index contributed by atoms with van der Waals surface area (Å²) in [5.41, 5.74) is 0.683. The lowest BCUT2D eigenvalue weighted by molar-refractivity contribution is -0.235. The maximum Gasteiger partial charge on any atom is 0.329 e. The van der Waals surface area contributed by atoms with Crippen molar-refractivity contribution in [2.45, 2.75) is 19.6 Å². The highest BCUT2D eigenvalue weighted by Gasteiger charge is 2.42. The van der Waals surface area contributed by atoms with E-state index in [2.05, 4.69) is 20.3 Å². The summed E-state index contributed by atoms with van der Waals surface area (Å²) in [5, 5.41) is 3.03. The predicted molar refractivity (Wildman–Crippen MR) is 96.2 cm³/mol. The van der Waals surface area contributed by atoms with Crippen LogP contribution in [-0.2, 0) is 19.1 Å². The van der Waals surface area contributed by atoms with E-state index in [0.717, 1.165) is 6.21 Å². The molecular formula is C18H18N4O5. The molecule has 0 unspecified atom stereocenters. The fourth-order valence-corrected chi connectivity index (χ4v) is 2.35. The molecule has 0 atom stereocenters. The Labute approximate surface area is 155 Å². The van der Waals surface area contributed by atoms with Gasteiger partial charge in [0.2, 0.25) is 5.95 Å². The van der Waals surface area contributed by atoms with Gasteiger partial charge >= 0.3 is 11.9 Å². The lowest BCUT2D eigenvalue weighted by Gasteiger charge is -2.31.